The molecule has 8 heteroatoms. The molecule has 26 heavy (non-hydrogen) atoms. The first-order valence-electron chi connectivity index (χ1n) is 8.40. The number of aromatic nitrogens is 1. The van der Waals surface area contributed by atoms with E-state index in [1.807, 2.05) is 0 Å². The van der Waals surface area contributed by atoms with Crippen LogP contribution in [0.3, 0.4) is 0 Å². The summed E-state index contributed by atoms with van der Waals surface area (Å²) < 4.78 is 1.56. The Kier molecular flexibility index (Phi) is 4.53. The number of rotatable bonds is 4. The Morgan fingerprint density at radius 3 is 2.58 bits per heavy atom. The highest BCUT2D eigenvalue weighted by Crippen LogP contribution is 2.24. The minimum atomic E-state index is -0.560. The zero-order valence-corrected chi connectivity index (χ0v) is 15.0. The first-order chi connectivity index (χ1) is 12.2. The number of hydrogen-bond acceptors (Lipinski definition) is 6. The molecule has 0 bridgehead atoms. The van der Waals surface area contributed by atoms with Gasteiger partial charge in [0.05, 0.1) is 21.1 Å². The summed E-state index contributed by atoms with van der Waals surface area (Å²) in [6.07, 6.45) is 1.58. The molecule has 138 valence electrons. The number of pyridine rings is 1. The number of carbonyl (C=O) groups excluding carboxylic acids is 1. The summed E-state index contributed by atoms with van der Waals surface area (Å²) in [5.74, 6) is -0.109. The fourth-order valence-electron chi connectivity index (χ4n) is 2.85. The maximum Gasteiger partial charge on any atom is 0.330 e. The maximum absolute atomic E-state index is 12.6. The molecule has 1 aliphatic rings. The molecule has 0 radical (unpaired) electrons. The Balaban J connectivity index is 1.70. The predicted molar refractivity (Wildman–Crippen MR) is 95.5 cm³/mol. The lowest BCUT2D eigenvalue weighted by Crippen LogP contribution is -2.51. The van der Waals surface area contributed by atoms with Gasteiger partial charge in [-0.15, -0.1) is 5.06 Å². The molecule has 1 fully saturated rings. The monoisotopic (exact) mass is 359 g/mol. The van der Waals surface area contributed by atoms with Crippen molar-refractivity contribution in [1.82, 2.24) is 9.63 Å². The minimum absolute atomic E-state index is 0.0735. The van der Waals surface area contributed by atoms with Crippen LogP contribution in [0.1, 0.15) is 20.8 Å². The normalized spacial score (nSPS) is 15.7. The van der Waals surface area contributed by atoms with Crippen molar-refractivity contribution < 1.29 is 14.6 Å². The van der Waals surface area contributed by atoms with Crippen LogP contribution in [0.4, 0.5) is 5.69 Å². The van der Waals surface area contributed by atoms with Gasteiger partial charge in [-0.25, -0.2) is 4.79 Å². The van der Waals surface area contributed by atoms with Crippen LogP contribution in [-0.4, -0.2) is 33.6 Å². The summed E-state index contributed by atoms with van der Waals surface area (Å²) in [6.45, 7) is 6.96. The molecule has 0 atom stereocenters. The van der Waals surface area contributed by atoms with Crippen LogP contribution in [0.5, 0.6) is 0 Å². The number of carbonyl (C=O) groups is 1. The van der Waals surface area contributed by atoms with Crippen LogP contribution < -0.4 is 5.56 Å². The van der Waals surface area contributed by atoms with Crippen molar-refractivity contribution in [3.63, 3.8) is 0 Å². The summed E-state index contributed by atoms with van der Waals surface area (Å²) in [4.78, 5) is 40.4. The second-order valence-corrected chi connectivity index (χ2v) is 7.61. The van der Waals surface area contributed by atoms with Crippen LogP contribution >= 0.6 is 0 Å². The van der Waals surface area contributed by atoms with Crippen LogP contribution in [-0.2, 0) is 16.2 Å². The third kappa shape index (κ3) is 3.45. The number of non-ortho nitro benzene ring substituents is 1. The SMILES string of the molecule is CC(C)(C)C(=O)ON1CC(Cn2ccc3c([N+](=O)[O-])cccc3c2=O)C1. The lowest BCUT2D eigenvalue weighted by atomic mass is 9.97. The molecular weight excluding hydrogens is 338 g/mol. The van der Waals surface area contributed by atoms with E-state index in [-0.39, 0.29) is 23.1 Å². The molecule has 1 aromatic carbocycles. The fourth-order valence-corrected chi connectivity index (χ4v) is 2.85. The zero-order chi connectivity index (χ0) is 19.1. The number of benzene rings is 1. The summed E-state index contributed by atoms with van der Waals surface area (Å²) in [5.41, 5.74) is -0.887. The number of nitro benzene ring substituents is 1. The molecule has 0 spiro atoms. The van der Waals surface area contributed by atoms with Gasteiger partial charge in [0.15, 0.2) is 0 Å². The molecule has 0 unspecified atom stereocenters. The number of fused-ring (bicyclic) bond motifs is 1. The van der Waals surface area contributed by atoms with E-state index in [0.717, 1.165) is 0 Å². The van der Waals surface area contributed by atoms with Crippen molar-refractivity contribution >= 4 is 22.4 Å². The molecular formula is C18H21N3O5. The van der Waals surface area contributed by atoms with E-state index in [2.05, 4.69) is 0 Å². The Morgan fingerprint density at radius 1 is 1.27 bits per heavy atom. The molecule has 1 saturated heterocycles. The van der Waals surface area contributed by atoms with E-state index in [0.29, 0.717) is 30.4 Å². The lowest BCUT2D eigenvalue weighted by molar-refractivity contribution is -0.383. The quantitative estimate of drug-likeness (QED) is 0.614. The van der Waals surface area contributed by atoms with Gasteiger partial charge in [-0.05, 0) is 32.9 Å². The third-order valence-electron chi connectivity index (χ3n) is 4.40. The third-order valence-corrected chi connectivity index (χ3v) is 4.40. The number of hydrogen-bond donors (Lipinski definition) is 0. The fraction of sp³-hybridized carbons (Fsp3) is 0.444. The Morgan fingerprint density at radius 2 is 1.96 bits per heavy atom. The Hall–Kier alpha value is -2.74. The highest BCUT2D eigenvalue weighted by atomic mass is 16.7. The minimum Gasteiger partial charge on any atom is -0.367 e. The van der Waals surface area contributed by atoms with Gasteiger partial charge >= 0.3 is 5.97 Å². The molecule has 0 N–H and O–H groups in total. The van der Waals surface area contributed by atoms with E-state index in [4.69, 9.17) is 4.84 Å². The topological polar surface area (TPSA) is 94.7 Å². The van der Waals surface area contributed by atoms with Gasteiger partial charge in [-0.2, -0.15) is 0 Å². The summed E-state index contributed by atoms with van der Waals surface area (Å²) in [7, 11) is 0. The van der Waals surface area contributed by atoms with Crippen LogP contribution in [0.2, 0.25) is 0 Å². The molecule has 2 heterocycles. The van der Waals surface area contributed by atoms with Crippen molar-refractivity contribution in [3.05, 3.63) is 50.9 Å². The molecule has 1 aromatic heterocycles. The van der Waals surface area contributed by atoms with Crippen molar-refractivity contribution in [3.8, 4) is 0 Å². The van der Waals surface area contributed by atoms with E-state index in [9.17, 15) is 19.7 Å². The first kappa shape index (κ1) is 18.1. The zero-order valence-electron chi connectivity index (χ0n) is 15.0. The molecule has 2 aromatic rings. The van der Waals surface area contributed by atoms with Crippen molar-refractivity contribution in [2.75, 3.05) is 13.1 Å². The van der Waals surface area contributed by atoms with E-state index in [1.54, 1.807) is 48.7 Å². The van der Waals surface area contributed by atoms with Crippen LogP contribution in [0, 0.1) is 21.4 Å². The van der Waals surface area contributed by atoms with Crippen molar-refractivity contribution in [2.24, 2.45) is 11.3 Å². The van der Waals surface area contributed by atoms with Crippen molar-refractivity contribution in [2.45, 2.75) is 27.3 Å². The Labute approximate surface area is 150 Å². The van der Waals surface area contributed by atoms with Gasteiger partial charge in [0.2, 0.25) is 0 Å². The van der Waals surface area contributed by atoms with E-state index < -0.39 is 10.3 Å². The second kappa shape index (κ2) is 6.53. The number of hydroxylamine groups is 2. The summed E-state index contributed by atoms with van der Waals surface area (Å²) in [6, 6.07) is 6.10. The van der Waals surface area contributed by atoms with Gasteiger partial charge in [-0.3, -0.25) is 14.9 Å². The molecule has 3 rings (SSSR count). The number of nitrogens with zero attached hydrogens (tertiary/aromatic N) is 3. The van der Waals surface area contributed by atoms with Crippen LogP contribution in [0.25, 0.3) is 10.8 Å². The van der Waals surface area contributed by atoms with E-state index >= 15 is 0 Å². The van der Waals surface area contributed by atoms with Crippen LogP contribution in [0.15, 0.2) is 35.3 Å². The first-order valence-corrected chi connectivity index (χ1v) is 8.40. The van der Waals surface area contributed by atoms with E-state index in [1.165, 1.54) is 12.1 Å². The number of nitro groups is 1. The predicted octanol–water partition coefficient (Wildman–Crippen LogP) is 2.35. The molecule has 0 aliphatic carbocycles. The Bertz CT molecular complexity index is 923. The van der Waals surface area contributed by atoms with Crippen molar-refractivity contribution in [1.29, 1.82) is 0 Å². The smallest absolute Gasteiger partial charge is 0.330 e. The summed E-state index contributed by atoms with van der Waals surface area (Å²) in [5, 5.41) is 13.4. The average molecular weight is 359 g/mol. The molecule has 1 aliphatic heterocycles. The van der Waals surface area contributed by atoms with Gasteiger partial charge < -0.3 is 9.40 Å². The van der Waals surface area contributed by atoms with Gasteiger partial charge in [-0.1, -0.05) is 6.07 Å². The highest BCUT2D eigenvalue weighted by Gasteiger charge is 2.33. The maximum atomic E-state index is 12.6. The average Bonchev–Trinajstić information content (AvgIpc) is 2.53. The van der Waals surface area contributed by atoms with Gasteiger partial charge in [0, 0.05) is 37.8 Å². The molecule has 0 saturated carbocycles. The molecule has 0 amide bonds. The standard InChI is InChI=1S/C18H21N3O5/c1-18(2,3)17(23)26-20-10-12(11-20)9-19-8-7-13-14(16(19)22)5-4-6-15(13)21(24)25/h4-8,12H,9-11H2,1-3H3. The molecule has 8 nitrogen and oxygen atoms in total. The van der Waals surface area contributed by atoms with Gasteiger partial charge in [0.1, 0.15) is 0 Å². The largest absolute Gasteiger partial charge is 0.367 e. The highest BCUT2D eigenvalue weighted by molar-refractivity contribution is 5.89. The summed E-state index contributed by atoms with van der Waals surface area (Å²) >= 11 is 0. The van der Waals surface area contributed by atoms with Gasteiger partial charge in [0.25, 0.3) is 11.2 Å². The lowest BCUT2D eigenvalue weighted by Gasteiger charge is -2.38. The second-order valence-electron chi connectivity index (χ2n) is 7.61.